The maximum Gasteiger partial charge on any atom is 0.326 e. The van der Waals surface area contributed by atoms with E-state index in [1.54, 1.807) is 0 Å². The smallest absolute Gasteiger partial charge is 0.326 e. The number of nitrogens with zero attached hydrogens (tertiary/aromatic N) is 5. The average Bonchev–Trinajstić information content (AvgIpc) is 3.37. The van der Waals surface area contributed by atoms with Crippen LogP contribution in [-0.4, -0.2) is 40.7 Å². The Kier molecular flexibility index (Phi) is 4.66. The molecular formula is C19H16ClFN8O2. The highest BCUT2D eigenvalue weighted by Gasteiger charge is 2.21. The number of nitrogens with one attached hydrogen (secondary N) is 3. The monoisotopic (exact) mass is 442 g/mol. The number of imidazole rings is 1. The number of halogens is 2. The number of hydrogen-bond acceptors (Lipinski definition) is 7. The minimum absolute atomic E-state index is 0.116. The SMILES string of the molecule is O=c1[nH]c(O)c(/C=c2/cnn3c(=NC4CC4)nc(NCc4cc(Cl)ccc4F)nc23)[nH]1. The lowest BCUT2D eigenvalue weighted by molar-refractivity contribution is 0.454. The van der Waals surface area contributed by atoms with Crippen LogP contribution in [0.4, 0.5) is 10.3 Å². The molecule has 1 fully saturated rings. The van der Waals surface area contributed by atoms with Crippen molar-refractivity contribution in [3.63, 3.8) is 0 Å². The summed E-state index contributed by atoms with van der Waals surface area (Å²) < 4.78 is 15.5. The van der Waals surface area contributed by atoms with Crippen LogP contribution in [0.5, 0.6) is 5.88 Å². The van der Waals surface area contributed by atoms with Crippen LogP contribution >= 0.6 is 11.6 Å². The Labute approximate surface area is 178 Å². The van der Waals surface area contributed by atoms with Gasteiger partial charge in [-0.2, -0.15) is 19.6 Å². The van der Waals surface area contributed by atoms with Crippen LogP contribution in [0, 0.1) is 5.82 Å². The molecule has 4 aromatic rings. The van der Waals surface area contributed by atoms with Crippen molar-refractivity contribution in [2.24, 2.45) is 4.99 Å². The predicted octanol–water partition coefficient (Wildman–Crippen LogP) is 0.862. The van der Waals surface area contributed by atoms with Crippen molar-refractivity contribution in [1.82, 2.24) is 29.5 Å². The molecule has 1 aliphatic carbocycles. The van der Waals surface area contributed by atoms with Gasteiger partial charge in [-0.25, -0.2) is 14.2 Å². The Morgan fingerprint density at radius 1 is 1.35 bits per heavy atom. The second-order valence-corrected chi connectivity index (χ2v) is 7.55. The minimum Gasteiger partial charge on any atom is -0.493 e. The zero-order valence-electron chi connectivity index (χ0n) is 15.9. The maximum absolute atomic E-state index is 14.0. The standard InChI is InChI=1S/C19H16ClFN8O2/c20-11-1-4-13(21)9(5-11)7-22-17-26-15-10(6-14-16(30)27-19(31)25-14)8-23-29(15)18(28-17)24-12-2-3-12/h1,4-6,8,12,30H,2-3,7H2,(H,22,24,28)(H2,25,27,31)/b10-6-. The Morgan fingerprint density at radius 3 is 2.94 bits per heavy atom. The summed E-state index contributed by atoms with van der Waals surface area (Å²) in [5, 5.41) is 18.1. The van der Waals surface area contributed by atoms with Crippen LogP contribution in [0.1, 0.15) is 24.1 Å². The van der Waals surface area contributed by atoms with E-state index < -0.39 is 11.5 Å². The van der Waals surface area contributed by atoms with E-state index >= 15 is 0 Å². The summed E-state index contributed by atoms with van der Waals surface area (Å²) in [5.41, 5.74) is 0.782. The molecule has 0 amide bonds. The topological polar surface area (TPSA) is 136 Å². The van der Waals surface area contributed by atoms with E-state index in [-0.39, 0.29) is 30.1 Å². The van der Waals surface area contributed by atoms with E-state index in [1.807, 2.05) is 0 Å². The molecule has 5 rings (SSSR count). The average molecular weight is 443 g/mol. The van der Waals surface area contributed by atoms with Crippen LogP contribution < -0.4 is 21.8 Å². The fourth-order valence-corrected chi connectivity index (χ4v) is 3.21. The van der Waals surface area contributed by atoms with Crippen molar-refractivity contribution in [3.8, 4) is 5.88 Å². The molecule has 0 unspecified atom stereocenters. The number of benzene rings is 1. The third-order valence-electron chi connectivity index (χ3n) is 4.70. The molecule has 0 saturated heterocycles. The van der Waals surface area contributed by atoms with Gasteiger partial charge in [-0.1, -0.05) is 11.6 Å². The Bertz CT molecular complexity index is 1470. The number of fused-ring (bicyclic) bond motifs is 1. The summed E-state index contributed by atoms with van der Waals surface area (Å²) in [5.74, 6) is -0.463. The first-order chi connectivity index (χ1) is 15.0. The van der Waals surface area contributed by atoms with Gasteiger partial charge in [0.1, 0.15) is 11.5 Å². The van der Waals surface area contributed by atoms with Gasteiger partial charge in [-0.15, -0.1) is 0 Å². The van der Waals surface area contributed by atoms with Crippen molar-refractivity contribution < 1.29 is 9.50 Å². The molecule has 0 bridgehead atoms. The van der Waals surface area contributed by atoms with Gasteiger partial charge in [-0.3, -0.25) is 4.98 Å². The fraction of sp³-hybridized carbons (Fsp3) is 0.211. The first kappa shape index (κ1) is 19.2. The van der Waals surface area contributed by atoms with Gasteiger partial charge in [0.05, 0.1) is 12.2 Å². The molecule has 3 heterocycles. The van der Waals surface area contributed by atoms with Crippen molar-refractivity contribution in [2.45, 2.75) is 25.4 Å². The molecule has 12 heteroatoms. The van der Waals surface area contributed by atoms with E-state index in [0.717, 1.165) is 12.8 Å². The molecule has 1 saturated carbocycles. The molecule has 158 valence electrons. The molecule has 10 nitrogen and oxygen atoms in total. The van der Waals surface area contributed by atoms with E-state index in [0.29, 0.717) is 27.1 Å². The quantitative estimate of drug-likeness (QED) is 0.362. The van der Waals surface area contributed by atoms with Crippen LogP contribution in [0.2, 0.25) is 5.02 Å². The molecule has 0 radical (unpaired) electrons. The van der Waals surface area contributed by atoms with Gasteiger partial charge in [0, 0.05) is 22.3 Å². The fourth-order valence-electron chi connectivity index (χ4n) is 3.01. The van der Waals surface area contributed by atoms with E-state index in [9.17, 15) is 14.3 Å². The lowest BCUT2D eigenvalue weighted by Gasteiger charge is -2.07. The van der Waals surface area contributed by atoms with Crippen molar-refractivity contribution in [3.05, 3.63) is 67.8 Å². The molecule has 1 aromatic carbocycles. The van der Waals surface area contributed by atoms with Crippen LogP contribution in [0.15, 0.2) is 34.2 Å². The summed E-state index contributed by atoms with van der Waals surface area (Å²) in [7, 11) is 0. The largest absolute Gasteiger partial charge is 0.493 e. The minimum atomic E-state index is -0.537. The highest BCUT2D eigenvalue weighted by atomic mass is 35.5. The summed E-state index contributed by atoms with van der Waals surface area (Å²) in [6.45, 7) is 0.116. The lowest BCUT2D eigenvalue weighted by Crippen LogP contribution is -2.24. The van der Waals surface area contributed by atoms with Gasteiger partial charge in [0.15, 0.2) is 5.65 Å². The molecule has 0 atom stereocenters. The molecule has 0 spiro atoms. The Hall–Kier alpha value is -3.73. The second-order valence-electron chi connectivity index (χ2n) is 7.12. The Morgan fingerprint density at radius 2 is 2.19 bits per heavy atom. The zero-order valence-corrected chi connectivity index (χ0v) is 16.7. The second kappa shape index (κ2) is 7.51. The number of aromatic hydroxyl groups is 1. The third-order valence-corrected chi connectivity index (χ3v) is 4.94. The van der Waals surface area contributed by atoms with Gasteiger partial charge >= 0.3 is 5.69 Å². The number of aromatic amines is 2. The highest BCUT2D eigenvalue weighted by molar-refractivity contribution is 6.30. The third kappa shape index (κ3) is 3.99. The predicted molar refractivity (Wildman–Crippen MR) is 110 cm³/mol. The first-order valence-electron chi connectivity index (χ1n) is 9.47. The molecular weight excluding hydrogens is 427 g/mol. The van der Waals surface area contributed by atoms with Crippen LogP contribution in [0.3, 0.4) is 0 Å². The van der Waals surface area contributed by atoms with Gasteiger partial charge < -0.3 is 15.4 Å². The normalized spacial score (nSPS) is 15.2. The highest BCUT2D eigenvalue weighted by Crippen LogP contribution is 2.22. The maximum atomic E-state index is 14.0. The number of H-pyrrole nitrogens is 2. The molecule has 0 aliphatic heterocycles. The molecule has 4 N–H and O–H groups in total. The number of rotatable bonds is 5. The van der Waals surface area contributed by atoms with Crippen molar-refractivity contribution in [2.75, 3.05) is 5.32 Å². The molecule has 3 aromatic heterocycles. The van der Waals surface area contributed by atoms with E-state index in [1.165, 1.54) is 35.0 Å². The summed E-state index contributed by atoms with van der Waals surface area (Å²) in [4.78, 5) is 29.6. The van der Waals surface area contributed by atoms with E-state index in [2.05, 4.69) is 35.3 Å². The number of aromatic nitrogens is 6. The van der Waals surface area contributed by atoms with E-state index in [4.69, 9.17) is 11.6 Å². The van der Waals surface area contributed by atoms with Crippen LogP contribution in [0.25, 0.3) is 11.7 Å². The summed E-state index contributed by atoms with van der Waals surface area (Å²) in [6, 6.07) is 4.48. The molecule has 1 aliphatic rings. The van der Waals surface area contributed by atoms with Gasteiger partial charge in [0.2, 0.25) is 11.8 Å². The van der Waals surface area contributed by atoms with Crippen molar-refractivity contribution in [1.29, 1.82) is 0 Å². The lowest BCUT2D eigenvalue weighted by atomic mass is 10.2. The number of anilines is 1. The summed E-state index contributed by atoms with van der Waals surface area (Å²) >= 11 is 5.96. The zero-order chi connectivity index (χ0) is 21.5. The number of hydrogen-bond donors (Lipinski definition) is 4. The molecule has 31 heavy (non-hydrogen) atoms. The van der Waals surface area contributed by atoms with Crippen molar-refractivity contribution >= 4 is 29.3 Å². The first-order valence-corrected chi connectivity index (χ1v) is 9.84. The van der Waals surface area contributed by atoms with Gasteiger partial charge in [-0.05, 0) is 37.1 Å². The van der Waals surface area contributed by atoms with Gasteiger partial charge in [0.25, 0.3) is 5.62 Å². The Balaban J connectivity index is 1.59. The van der Waals surface area contributed by atoms with Crippen LogP contribution in [-0.2, 0) is 6.54 Å². The summed E-state index contributed by atoms with van der Waals surface area (Å²) in [6.07, 6.45) is 5.01.